The molecule has 10 heteroatoms. The third-order valence-electron chi connectivity index (χ3n) is 14.4. The van der Waals surface area contributed by atoms with Crippen molar-refractivity contribution in [3.05, 3.63) is 36.5 Å². The summed E-state index contributed by atoms with van der Waals surface area (Å²) >= 11 is 0. The average molecular weight is 1080 g/mol. The first-order valence-electron chi connectivity index (χ1n) is 32.2. The topological polar surface area (TPSA) is 108 Å². The Hall–Kier alpha value is -1.77. The predicted molar refractivity (Wildman–Crippen MR) is 321 cm³/mol. The number of esters is 2. The van der Waals surface area contributed by atoms with Gasteiger partial charge in [0.15, 0.2) is 6.10 Å². The van der Waals surface area contributed by atoms with E-state index in [4.69, 9.17) is 18.5 Å². The highest BCUT2D eigenvalue weighted by Gasteiger charge is 2.27. The molecule has 75 heavy (non-hydrogen) atoms. The zero-order valence-corrected chi connectivity index (χ0v) is 51.2. The van der Waals surface area contributed by atoms with Crippen LogP contribution in [0.1, 0.15) is 316 Å². The standard InChI is InChI=1S/C65H124NO8P/c1-6-8-10-12-14-16-18-20-22-24-26-28-30-31-32-33-34-35-36-38-40-42-44-46-48-50-52-54-56-58-65(68)74-63(62-73-75(69,70)72-60-59-66(3,4)5)61-71-64(67)57-55-53-51-49-47-45-43-41-39-37-29-27-25-23-21-19-17-15-13-11-9-7-2/h18,20,24,26,30-31,63H,6-17,19,21-23,25,27-29,32-62H2,1-5H3/p+1/b20-18-,26-24-,31-30-. The molecule has 1 N–H and O–H groups in total. The van der Waals surface area contributed by atoms with Crippen LogP contribution in [0.3, 0.4) is 0 Å². The number of carbonyl (C=O) groups is 2. The minimum Gasteiger partial charge on any atom is -0.462 e. The highest BCUT2D eigenvalue weighted by molar-refractivity contribution is 7.47. The highest BCUT2D eigenvalue weighted by Crippen LogP contribution is 2.43. The third-order valence-corrected chi connectivity index (χ3v) is 15.4. The van der Waals surface area contributed by atoms with Gasteiger partial charge in [0.25, 0.3) is 0 Å². The minimum atomic E-state index is -4.39. The van der Waals surface area contributed by atoms with E-state index >= 15 is 0 Å². The quantitative estimate of drug-likeness (QED) is 0.0211. The van der Waals surface area contributed by atoms with Gasteiger partial charge in [-0.15, -0.1) is 0 Å². The summed E-state index contributed by atoms with van der Waals surface area (Å²) < 4.78 is 34.7. The Morgan fingerprint density at radius 3 is 1.07 bits per heavy atom. The Labute approximate surface area is 465 Å². The minimum absolute atomic E-state index is 0.0338. The number of ether oxygens (including phenoxy) is 2. The van der Waals surface area contributed by atoms with Crippen LogP contribution in [0.5, 0.6) is 0 Å². The van der Waals surface area contributed by atoms with Gasteiger partial charge in [-0.3, -0.25) is 18.6 Å². The summed E-state index contributed by atoms with van der Waals surface area (Å²) in [5.74, 6) is -0.780. The van der Waals surface area contributed by atoms with Crippen molar-refractivity contribution in [2.75, 3.05) is 47.5 Å². The van der Waals surface area contributed by atoms with Crippen molar-refractivity contribution < 1.29 is 42.1 Å². The van der Waals surface area contributed by atoms with Crippen LogP contribution in [0.25, 0.3) is 0 Å². The van der Waals surface area contributed by atoms with E-state index in [1.165, 1.54) is 238 Å². The van der Waals surface area contributed by atoms with E-state index in [0.717, 1.165) is 44.9 Å². The number of phosphoric acid groups is 1. The maximum Gasteiger partial charge on any atom is 0.472 e. The number of carbonyl (C=O) groups excluding carboxylic acids is 2. The van der Waals surface area contributed by atoms with Crippen molar-refractivity contribution in [2.45, 2.75) is 322 Å². The lowest BCUT2D eigenvalue weighted by atomic mass is 10.0. The largest absolute Gasteiger partial charge is 0.472 e. The summed E-state index contributed by atoms with van der Waals surface area (Å²) in [6.07, 6.45) is 70.8. The molecule has 0 heterocycles. The van der Waals surface area contributed by atoms with Crippen LogP contribution < -0.4 is 0 Å². The molecule has 2 unspecified atom stereocenters. The Bertz CT molecular complexity index is 1360. The second kappa shape index (κ2) is 56.9. The SMILES string of the molecule is CCCCCCC/C=C\C/C=C\C/C=C\CCCCCCCCCCCCCCCCC(=O)OC(COC(=O)CCCCCCCCCCCCCCCCCCCCCCCC)COP(=O)(O)OCC[N+](C)(C)C. The Morgan fingerprint density at radius 2 is 0.720 bits per heavy atom. The Kier molecular flexibility index (Phi) is 55.6. The Balaban J connectivity index is 4.07. The van der Waals surface area contributed by atoms with Crippen LogP contribution in [0.15, 0.2) is 36.5 Å². The van der Waals surface area contributed by atoms with E-state index in [-0.39, 0.29) is 25.6 Å². The summed E-state index contributed by atoms with van der Waals surface area (Å²) in [7, 11) is 1.49. The lowest BCUT2D eigenvalue weighted by Crippen LogP contribution is -2.37. The number of allylic oxidation sites excluding steroid dienone is 6. The highest BCUT2D eigenvalue weighted by atomic mass is 31.2. The molecule has 0 aliphatic heterocycles. The molecule has 9 nitrogen and oxygen atoms in total. The summed E-state index contributed by atoms with van der Waals surface area (Å²) in [5, 5.41) is 0. The van der Waals surface area contributed by atoms with Crippen molar-refractivity contribution in [3.8, 4) is 0 Å². The Morgan fingerprint density at radius 1 is 0.413 bits per heavy atom. The van der Waals surface area contributed by atoms with Crippen molar-refractivity contribution in [1.82, 2.24) is 0 Å². The molecular weight excluding hydrogens is 954 g/mol. The molecule has 0 spiro atoms. The lowest BCUT2D eigenvalue weighted by molar-refractivity contribution is -0.870. The van der Waals surface area contributed by atoms with Gasteiger partial charge in [0.05, 0.1) is 27.7 Å². The molecule has 0 aromatic carbocycles. The summed E-state index contributed by atoms with van der Waals surface area (Å²) in [4.78, 5) is 35.8. The van der Waals surface area contributed by atoms with Gasteiger partial charge in [0.1, 0.15) is 19.8 Å². The van der Waals surface area contributed by atoms with Gasteiger partial charge in [0, 0.05) is 12.8 Å². The van der Waals surface area contributed by atoms with E-state index in [2.05, 4.69) is 50.3 Å². The van der Waals surface area contributed by atoms with E-state index in [0.29, 0.717) is 23.9 Å². The monoisotopic (exact) mass is 1080 g/mol. The number of phosphoric ester groups is 1. The van der Waals surface area contributed by atoms with Crippen LogP contribution in [0, 0.1) is 0 Å². The molecule has 0 saturated heterocycles. The molecule has 0 radical (unpaired) electrons. The summed E-state index contributed by atoms with van der Waals surface area (Å²) in [6, 6.07) is 0. The number of nitrogens with zero attached hydrogens (tertiary/aromatic N) is 1. The molecule has 0 amide bonds. The molecule has 2 atom stereocenters. The van der Waals surface area contributed by atoms with Crippen molar-refractivity contribution in [2.24, 2.45) is 0 Å². The summed E-state index contributed by atoms with van der Waals surface area (Å²) in [5.41, 5.74) is 0. The maximum absolute atomic E-state index is 12.8. The number of hydrogen-bond donors (Lipinski definition) is 1. The first-order valence-corrected chi connectivity index (χ1v) is 33.7. The first-order chi connectivity index (χ1) is 36.5. The van der Waals surface area contributed by atoms with Gasteiger partial charge in [0.2, 0.25) is 0 Å². The lowest BCUT2D eigenvalue weighted by Gasteiger charge is -2.24. The van der Waals surface area contributed by atoms with Gasteiger partial charge in [-0.05, 0) is 51.4 Å². The van der Waals surface area contributed by atoms with E-state index in [9.17, 15) is 19.0 Å². The van der Waals surface area contributed by atoms with Crippen LogP contribution in [0.2, 0.25) is 0 Å². The van der Waals surface area contributed by atoms with Gasteiger partial charge in [-0.25, -0.2) is 4.57 Å². The molecule has 0 aromatic heterocycles. The van der Waals surface area contributed by atoms with Crippen LogP contribution in [-0.4, -0.2) is 74.9 Å². The number of rotatable bonds is 60. The predicted octanol–water partition coefficient (Wildman–Crippen LogP) is 20.3. The van der Waals surface area contributed by atoms with E-state index in [1.54, 1.807) is 0 Å². The normalized spacial score (nSPS) is 13.4. The second-order valence-corrected chi connectivity index (χ2v) is 24.6. The fourth-order valence-corrected chi connectivity index (χ4v) is 10.2. The molecule has 0 aliphatic rings. The van der Waals surface area contributed by atoms with E-state index < -0.39 is 26.5 Å². The molecule has 0 rings (SSSR count). The zero-order chi connectivity index (χ0) is 54.9. The number of hydrogen-bond acceptors (Lipinski definition) is 7. The van der Waals surface area contributed by atoms with Crippen LogP contribution in [-0.2, 0) is 32.7 Å². The van der Waals surface area contributed by atoms with Crippen LogP contribution >= 0.6 is 7.82 Å². The zero-order valence-electron chi connectivity index (χ0n) is 50.3. The second-order valence-electron chi connectivity index (χ2n) is 23.2. The van der Waals surface area contributed by atoms with Gasteiger partial charge in [-0.1, -0.05) is 288 Å². The van der Waals surface area contributed by atoms with E-state index in [1.807, 2.05) is 21.1 Å². The molecule has 0 saturated carbocycles. The first kappa shape index (κ1) is 73.2. The average Bonchev–Trinajstić information content (AvgIpc) is 3.37. The molecule has 0 aliphatic carbocycles. The van der Waals surface area contributed by atoms with Crippen molar-refractivity contribution >= 4 is 19.8 Å². The van der Waals surface area contributed by atoms with Crippen LogP contribution in [0.4, 0.5) is 0 Å². The fourth-order valence-electron chi connectivity index (χ4n) is 9.44. The van der Waals surface area contributed by atoms with Crippen molar-refractivity contribution in [1.29, 1.82) is 0 Å². The number of unbranched alkanes of at least 4 members (excludes halogenated alkanes) is 40. The molecule has 0 bridgehead atoms. The van der Waals surface area contributed by atoms with Gasteiger partial charge in [-0.2, -0.15) is 0 Å². The number of quaternary nitrogens is 1. The van der Waals surface area contributed by atoms with Crippen molar-refractivity contribution in [3.63, 3.8) is 0 Å². The van der Waals surface area contributed by atoms with Gasteiger partial charge < -0.3 is 18.9 Å². The molecule has 0 fully saturated rings. The third kappa shape index (κ3) is 61.3. The summed E-state index contributed by atoms with van der Waals surface area (Å²) in [6.45, 7) is 4.48. The fraction of sp³-hybridized carbons (Fsp3) is 0.877. The number of likely N-dealkylation sites (N-methyl/N-ethyl adjacent to an activating group) is 1. The molecular formula is C65H125NO8P+. The van der Waals surface area contributed by atoms with Gasteiger partial charge >= 0.3 is 19.8 Å². The smallest absolute Gasteiger partial charge is 0.462 e. The molecule has 0 aromatic rings. The maximum atomic E-state index is 12.8. The molecule has 442 valence electrons.